The Morgan fingerprint density at radius 3 is 2.61 bits per heavy atom. The summed E-state index contributed by atoms with van der Waals surface area (Å²) in [5.41, 5.74) is 0.584. The lowest BCUT2D eigenvalue weighted by Gasteiger charge is -2.10. The summed E-state index contributed by atoms with van der Waals surface area (Å²) < 4.78 is 10.0. The summed E-state index contributed by atoms with van der Waals surface area (Å²) in [4.78, 5) is 23.8. The molecular formula is C16H13Cl2NO4. The molecule has 0 aliphatic carbocycles. The number of halogens is 2. The number of amides is 1. The maximum atomic E-state index is 12.0. The standard InChI is InChI=1S/C16H13Cl2NO4/c1-22-14-5-3-2-4-11(14)16(21)23-9-15(20)19-13-8-10(17)6-7-12(13)18/h2-8H,9H2,1H3,(H,19,20). The first-order valence-electron chi connectivity index (χ1n) is 6.56. The van der Waals surface area contributed by atoms with Crippen LogP contribution in [0.5, 0.6) is 5.75 Å². The van der Waals surface area contributed by atoms with E-state index in [0.29, 0.717) is 21.5 Å². The SMILES string of the molecule is COc1ccccc1C(=O)OCC(=O)Nc1cc(Cl)ccc1Cl. The van der Waals surface area contributed by atoms with Crippen LogP contribution in [0, 0.1) is 0 Å². The Morgan fingerprint density at radius 2 is 1.87 bits per heavy atom. The van der Waals surface area contributed by atoms with Crippen molar-refractivity contribution < 1.29 is 19.1 Å². The van der Waals surface area contributed by atoms with E-state index in [1.54, 1.807) is 36.4 Å². The number of hydrogen-bond donors (Lipinski definition) is 1. The van der Waals surface area contributed by atoms with Crippen molar-refractivity contribution in [3.05, 3.63) is 58.1 Å². The van der Waals surface area contributed by atoms with Gasteiger partial charge in [0, 0.05) is 5.02 Å². The van der Waals surface area contributed by atoms with E-state index in [2.05, 4.69) is 5.32 Å². The van der Waals surface area contributed by atoms with Gasteiger partial charge < -0.3 is 14.8 Å². The lowest BCUT2D eigenvalue weighted by Crippen LogP contribution is -2.21. The Hall–Kier alpha value is -2.24. The summed E-state index contributed by atoms with van der Waals surface area (Å²) >= 11 is 11.8. The predicted molar refractivity (Wildman–Crippen MR) is 88.4 cm³/mol. The summed E-state index contributed by atoms with van der Waals surface area (Å²) in [6.07, 6.45) is 0. The minimum atomic E-state index is -0.658. The highest BCUT2D eigenvalue weighted by molar-refractivity contribution is 6.35. The third-order valence-corrected chi connectivity index (χ3v) is 3.43. The molecule has 7 heteroatoms. The monoisotopic (exact) mass is 353 g/mol. The number of carbonyl (C=O) groups is 2. The van der Waals surface area contributed by atoms with Gasteiger partial charge in [0.05, 0.1) is 17.8 Å². The van der Waals surface area contributed by atoms with Crippen molar-refractivity contribution in [2.75, 3.05) is 19.0 Å². The van der Waals surface area contributed by atoms with Gasteiger partial charge in [0.15, 0.2) is 6.61 Å². The molecule has 0 spiro atoms. The highest BCUT2D eigenvalue weighted by Crippen LogP contribution is 2.25. The van der Waals surface area contributed by atoms with E-state index >= 15 is 0 Å². The fourth-order valence-corrected chi connectivity index (χ4v) is 2.14. The van der Waals surface area contributed by atoms with Gasteiger partial charge in [-0.3, -0.25) is 4.79 Å². The molecule has 5 nitrogen and oxygen atoms in total. The first kappa shape index (κ1) is 17.1. The van der Waals surface area contributed by atoms with Crippen LogP contribution in [0.15, 0.2) is 42.5 Å². The average Bonchev–Trinajstić information content (AvgIpc) is 2.56. The number of ether oxygens (including phenoxy) is 2. The molecule has 0 bridgehead atoms. The number of esters is 1. The number of benzene rings is 2. The highest BCUT2D eigenvalue weighted by Gasteiger charge is 2.15. The molecule has 0 atom stereocenters. The van der Waals surface area contributed by atoms with Crippen LogP contribution in [-0.4, -0.2) is 25.6 Å². The van der Waals surface area contributed by atoms with Crippen molar-refractivity contribution >= 4 is 40.8 Å². The molecule has 0 radical (unpaired) electrons. The summed E-state index contributed by atoms with van der Waals surface area (Å²) in [7, 11) is 1.44. The number of methoxy groups -OCH3 is 1. The van der Waals surface area contributed by atoms with E-state index < -0.39 is 18.5 Å². The molecular weight excluding hydrogens is 341 g/mol. The fraction of sp³-hybridized carbons (Fsp3) is 0.125. The van der Waals surface area contributed by atoms with Crippen LogP contribution in [-0.2, 0) is 9.53 Å². The second-order valence-electron chi connectivity index (χ2n) is 4.45. The number of anilines is 1. The van der Waals surface area contributed by atoms with Gasteiger partial charge in [0.1, 0.15) is 11.3 Å². The Balaban J connectivity index is 1.96. The van der Waals surface area contributed by atoms with E-state index in [1.807, 2.05) is 0 Å². The average molecular weight is 354 g/mol. The van der Waals surface area contributed by atoms with Crippen molar-refractivity contribution in [2.45, 2.75) is 0 Å². The molecule has 120 valence electrons. The molecule has 0 aromatic heterocycles. The summed E-state index contributed by atoms with van der Waals surface area (Å²) in [5, 5.41) is 3.28. The lowest BCUT2D eigenvalue weighted by atomic mass is 10.2. The van der Waals surface area contributed by atoms with Crippen LogP contribution < -0.4 is 10.1 Å². The minimum absolute atomic E-state index is 0.239. The number of carbonyl (C=O) groups excluding carboxylic acids is 2. The zero-order valence-electron chi connectivity index (χ0n) is 12.1. The molecule has 0 saturated carbocycles. The van der Waals surface area contributed by atoms with Crippen molar-refractivity contribution in [1.29, 1.82) is 0 Å². The molecule has 1 amide bonds. The first-order chi connectivity index (χ1) is 11.0. The van der Waals surface area contributed by atoms with E-state index in [9.17, 15) is 9.59 Å². The van der Waals surface area contributed by atoms with Gasteiger partial charge >= 0.3 is 5.97 Å². The molecule has 0 saturated heterocycles. The molecule has 2 rings (SSSR count). The Kier molecular flexibility index (Phi) is 5.84. The quantitative estimate of drug-likeness (QED) is 0.830. The largest absolute Gasteiger partial charge is 0.496 e. The van der Waals surface area contributed by atoms with Gasteiger partial charge in [-0.25, -0.2) is 4.79 Å². The highest BCUT2D eigenvalue weighted by atomic mass is 35.5. The van der Waals surface area contributed by atoms with Gasteiger partial charge in [0.2, 0.25) is 0 Å². The van der Waals surface area contributed by atoms with E-state index in [0.717, 1.165) is 0 Å². The Bertz CT molecular complexity index is 734. The van der Waals surface area contributed by atoms with E-state index in [1.165, 1.54) is 13.2 Å². The van der Waals surface area contributed by atoms with E-state index in [-0.39, 0.29) is 5.56 Å². The van der Waals surface area contributed by atoms with Crippen LogP contribution in [0.4, 0.5) is 5.69 Å². The first-order valence-corrected chi connectivity index (χ1v) is 7.32. The van der Waals surface area contributed by atoms with Crippen LogP contribution >= 0.6 is 23.2 Å². The van der Waals surface area contributed by atoms with Gasteiger partial charge in [-0.1, -0.05) is 35.3 Å². The maximum absolute atomic E-state index is 12.0. The van der Waals surface area contributed by atoms with Crippen molar-refractivity contribution in [3.8, 4) is 5.75 Å². The topological polar surface area (TPSA) is 64.6 Å². The van der Waals surface area contributed by atoms with Crippen molar-refractivity contribution in [3.63, 3.8) is 0 Å². The summed E-state index contributed by atoms with van der Waals surface area (Å²) in [6, 6.07) is 11.2. The molecule has 0 aliphatic rings. The number of para-hydroxylation sites is 1. The minimum Gasteiger partial charge on any atom is -0.496 e. The number of rotatable bonds is 5. The predicted octanol–water partition coefficient (Wildman–Crippen LogP) is 3.80. The normalized spacial score (nSPS) is 10.0. The van der Waals surface area contributed by atoms with E-state index in [4.69, 9.17) is 32.7 Å². The third kappa shape index (κ3) is 4.61. The molecule has 1 N–H and O–H groups in total. The number of hydrogen-bond acceptors (Lipinski definition) is 4. The molecule has 0 unspecified atom stereocenters. The van der Waals surface area contributed by atoms with Gasteiger partial charge in [-0.15, -0.1) is 0 Å². The third-order valence-electron chi connectivity index (χ3n) is 2.86. The molecule has 2 aromatic carbocycles. The smallest absolute Gasteiger partial charge is 0.342 e. The van der Waals surface area contributed by atoms with Crippen molar-refractivity contribution in [2.24, 2.45) is 0 Å². The molecule has 0 aliphatic heterocycles. The van der Waals surface area contributed by atoms with Gasteiger partial charge in [-0.05, 0) is 30.3 Å². The number of nitrogens with one attached hydrogen (secondary N) is 1. The second-order valence-corrected chi connectivity index (χ2v) is 5.29. The Morgan fingerprint density at radius 1 is 1.13 bits per heavy atom. The Labute approximate surface area is 143 Å². The van der Waals surface area contributed by atoms with Gasteiger partial charge in [-0.2, -0.15) is 0 Å². The zero-order chi connectivity index (χ0) is 16.8. The fourth-order valence-electron chi connectivity index (χ4n) is 1.80. The van der Waals surface area contributed by atoms with Crippen LogP contribution in [0.3, 0.4) is 0 Å². The molecule has 0 fully saturated rings. The van der Waals surface area contributed by atoms with Gasteiger partial charge in [0.25, 0.3) is 5.91 Å². The lowest BCUT2D eigenvalue weighted by molar-refractivity contribution is -0.119. The molecule has 23 heavy (non-hydrogen) atoms. The van der Waals surface area contributed by atoms with Crippen LogP contribution in [0.25, 0.3) is 0 Å². The maximum Gasteiger partial charge on any atom is 0.342 e. The van der Waals surface area contributed by atoms with Crippen molar-refractivity contribution in [1.82, 2.24) is 0 Å². The summed E-state index contributed by atoms with van der Waals surface area (Å²) in [5.74, 6) is -0.817. The van der Waals surface area contributed by atoms with Crippen LogP contribution in [0.1, 0.15) is 10.4 Å². The summed E-state index contributed by atoms with van der Waals surface area (Å²) in [6.45, 7) is -0.459. The second kappa shape index (κ2) is 7.85. The molecule has 2 aromatic rings. The zero-order valence-corrected chi connectivity index (χ0v) is 13.6. The molecule has 0 heterocycles. The van der Waals surface area contributed by atoms with Crippen LogP contribution in [0.2, 0.25) is 10.0 Å².